The molecule has 0 aromatic heterocycles. The standard InChI is InChI=1S/C20H17F2N3O4/c21-20(22)28-16-8-7-14(13-17(16)29-20)24-18(26)9-10-19(27)25(12-4-11-23)15-5-2-1-3-6-15/h1-3,5-8,13H,4,9-10,12H2,(H,24,26). The molecule has 2 aromatic carbocycles. The van der Waals surface area contributed by atoms with Gasteiger partial charge in [0.25, 0.3) is 0 Å². The highest BCUT2D eigenvalue weighted by Gasteiger charge is 2.43. The number of alkyl halides is 2. The maximum atomic E-state index is 13.1. The summed E-state index contributed by atoms with van der Waals surface area (Å²) < 4.78 is 34.7. The van der Waals surface area contributed by atoms with Crippen molar-refractivity contribution in [3.05, 3.63) is 48.5 Å². The van der Waals surface area contributed by atoms with E-state index in [0.717, 1.165) is 0 Å². The van der Waals surface area contributed by atoms with E-state index < -0.39 is 12.2 Å². The highest BCUT2D eigenvalue weighted by Crippen LogP contribution is 2.42. The molecule has 1 N–H and O–H groups in total. The van der Waals surface area contributed by atoms with E-state index in [4.69, 9.17) is 5.26 Å². The molecule has 0 saturated heterocycles. The van der Waals surface area contributed by atoms with Gasteiger partial charge >= 0.3 is 6.29 Å². The number of para-hydroxylation sites is 1. The normalized spacial score (nSPS) is 13.4. The van der Waals surface area contributed by atoms with E-state index in [9.17, 15) is 18.4 Å². The van der Waals surface area contributed by atoms with Gasteiger partial charge in [0, 0.05) is 36.8 Å². The third-order valence-corrected chi connectivity index (χ3v) is 4.07. The van der Waals surface area contributed by atoms with Gasteiger partial charge in [-0.05, 0) is 24.3 Å². The van der Waals surface area contributed by atoms with Crippen molar-refractivity contribution in [2.75, 3.05) is 16.8 Å². The third-order valence-electron chi connectivity index (χ3n) is 4.07. The Labute approximate surface area is 165 Å². The van der Waals surface area contributed by atoms with Crippen molar-refractivity contribution in [3.8, 4) is 17.6 Å². The van der Waals surface area contributed by atoms with Gasteiger partial charge < -0.3 is 19.7 Å². The first-order valence-corrected chi connectivity index (χ1v) is 8.80. The second-order valence-corrected chi connectivity index (χ2v) is 6.17. The van der Waals surface area contributed by atoms with Gasteiger partial charge in [-0.25, -0.2) is 0 Å². The number of nitrogens with zero attached hydrogens (tertiary/aromatic N) is 2. The van der Waals surface area contributed by atoms with Crippen molar-refractivity contribution in [3.63, 3.8) is 0 Å². The Morgan fingerprint density at radius 2 is 1.79 bits per heavy atom. The minimum atomic E-state index is -3.73. The predicted molar refractivity (Wildman–Crippen MR) is 99.5 cm³/mol. The fourth-order valence-corrected chi connectivity index (χ4v) is 2.77. The van der Waals surface area contributed by atoms with Gasteiger partial charge in [-0.3, -0.25) is 9.59 Å². The van der Waals surface area contributed by atoms with Gasteiger partial charge in [0.1, 0.15) is 0 Å². The molecule has 0 spiro atoms. The molecule has 0 bridgehead atoms. The van der Waals surface area contributed by atoms with Crippen LogP contribution in [-0.2, 0) is 9.59 Å². The SMILES string of the molecule is N#CCCN(C(=O)CCC(=O)Nc1ccc2c(c1)OC(F)(F)O2)c1ccccc1. The lowest BCUT2D eigenvalue weighted by atomic mass is 10.2. The molecule has 2 aromatic rings. The number of rotatable bonds is 7. The van der Waals surface area contributed by atoms with E-state index in [-0.39, 0.29) is 48.9 Å². The van der Waals surface area contributed by atoms with Crippen LogP contribution in [0.5, 0.6) is 11.5 Å². The molecule has 0 unspecified atom stereocenters. The monoisotopic (exact) mass is 401 g/mol. The van der Waals surface area contributed by atoms with Crippen LogP contribution in [-0.4, -0.2) is 24.7 Å². The van der Waals surface area contributed by atoms with E-state index in [1.807, 2.05) is 12.1 Å². The van der Waals surface area contributed by atoms with Gasteiger partial charge in [0.2, 0.25) is 11.8 Å². The zero-order chi connectivity index (χ0) is 20.9. The van der Waals surface area contributed by atoms with Crippen molar-refractivity contribution in [1.82, 2.24) is 0 Å². The van der Waals surface area contributed by atoms with Gasteiger partial charge in [-0.15, -0.1) is 8.78 Å². The highest BCUT2D eigenvalue weighted by molar-refractivity contribution is 5.98. The van der Waals surface area contributed by atoms with Gasteiger partial charge in [0.05, 0.1) is 12.5 Å². The number of hydrogen-bond acceptors (Lipinski definition) is 5. The van der Waals surface area contributed by atoms with Crippen LogP contribution in [0.3, 0.4) is 0 Å². The van der Waals surface area contributed by atoms with Gasteiger partial charge in [-0.2, -0.15) is 5.26 Å². The number of nitriles is 1. The summed E-state index contributed by atoms with van der Waals surface area (Å²) >= 11 is 0. The quantitative estimate of drug-likeness (QED) is 0.764. The molecule has 0 fully saturated rings. The van der Waals surface area contributed by atoms with E-state index in [1.165, 1.54) is 23.1 Å². The smallest absolute Gasteiger partial charge is 0.395 e. The summed E-state index contributed by atoms with van der Waals surface area (Å²) in [6.07, 6.45) is -3.76. The molecule has 0 aliphatic carbocycles. The number of carbonyl (C=O) groups excluding carboxylic acids is 2. The topological polar surface area (TPSA) is 91.7 Å². The molecule has 2 amide bonds. The number of amides is 2. The Bertz CT molecular complexity index is 944. The van der Waals surface area contributed by atoms with Crippen LogP contribution >= 0.6 is 0 Å². The van der Waals surface area contributed by atoms with Crippen LogP contribution in [0.4, 0.5) is 20.2 Å². The van der Waals surface area contributed by atoms with Crippen LogP contribution in [0, 0.1) is 11.3 Å². The van der Waals surface area contributed by atoms with E-state index in [2.05, 4.69) is 14.8 Å². The molecular formula is C20H17F2N3O4. The molecule has 1 aliphatic rings. The fourth-order valence-electron chi connectivity index (χ4n) is 2.77. The van der Waals surface area contributed by atoms with Crippen molar-refractivity contribution in [1.29, 1.82) is 5.26 Å². The first kappa shape index (κ1) is 20.1. The molecular weight excluding hydrogens is 384 g/mol. The molecule has 0 atom stereocenters. The van der Waals surface area contributed by atoms with Crippen LogP contribution < -0.4 is 19.7 Å². The van der Waals surface area contributed by atoms with E-state index >= 15 is 0 Å². The summed E-state index contributed by atoms with van der Waals surface area (Å²) in [6, 6.07) is 14.7. The minimum absolute atomic E-state index is 0.0746. The second kappa shape index (κ2) is 8.56. The fraction of sp³-hybridized carbons (Fsp3) is 0.250. The Morgan fingerprint density at radius 1 is 1.07 bits per heavy atom. The molecule has 1 aliphatic heterocycles. The summed E-state index contributed by atoms with van der Waals surface area (Å²) in [5, 5.41) is 11.3. The number of ether oxygens (including phenoxy) is 2. The maximum Gasteiger partial charge on any atom is 0.586 e. The van der Waals surface area contributed by atoms with Crippen molar-refractivity contribution in [2.24, 2.45) is 0 Å². The van der Waals surface area contributed by atoms with E-state index in [1.54, 1.807) is 24.3 Å². The lowest BCUT2D eigenvalue weighted by Gasteiger charge is -2.21. The molecule has 150 valence electrons. The number of nitrogens with one attached hydrogen (secondary N) is 1. The Morgan fingerprint density at radius 3 is 2.52 bits per heavy atom. The lowest BCUT2D eigenvalue weighted by molar-refractivity contribution is -0.286. The molecule has 9 heteroatoms. The number of fused-ring (bicyclic) bond motifs is 1. The molecule has 1 heterocycles. The molecule has 0 saturated carbocycles. The summed E-state index contributed by atoms with van der Waals surface area (Å²) in [4.78, 5) is 26.2. The van der Waals surface area contributed by atoms with Gasteiger partial charge in [-0.1, -0.05) is 18.2 Å². The summed E-state index contributed by atoms with van der Waals surface area (Å²) in [6.45, 7) is 0.220. The summed E-state index contributed by atoms with van der Waals surface area (Å²) in [5.41, 5.74) is 0.886. The van der Waals surface area contributed by atoms with Crippen LogP contribution in [0.15, 0.2) is 48.5 Å². The molecule has 0 radical (unpaired) electrons. The first-order chi connectivity index (χ1) is 13.9. The molecule has 7 nitrogen and oxygen atoms in total. The van der Waals surface area contributed by atoms with Crippen LogP contribution in [0.1, 0.15) is 19.3 Å². The van der Waals surface area contributed by atoms with Crippen LogP contribution in [0.2, 0.25) is 0 Å². The Kier molecular flexibility index (Phi) is 5.93. The first-order valence-electron chi connectivity index (χ1n) is 8.80. The number of hydrogen-bond donors (Lipinski definition) is 1. The zero-order valence-electron chi connectivity index (χ0n) is 15.2. The minimum Gasteiger partial charge on any atom is -0.395 e. The summed E-state index contributed by atoms with van der Waals surface area (Å²) in [5.74, 6) is -1.07. The lowest BCUT2D eigenvalue weighted by Crippen LogP contribution is -2.32. The Hall–Kier alpha value is -3.67. The number of anilines is 2. The largest absolute Gasteiger partial charge is 0.586 e. The number of halogens is 2. The molecule has 3 rings (SSSR count). The van der Waals surface area contributed by atoms with E-state index in [0.29, 0.717) is 5.69 Å². The van der Waals surface area contributed by atoms with Crippen molar-refractivity contribution in [2.45, 2.75) is 25.6 Å². The Balaban J connectivity index is 1.57. The average molecular weight is 401 g/mol. The van der Waals surface area contributed by atoms with Crippen molar-refractivity contribution >= 4 is 23.2 Å². The zero-order valence-corrected chi connectivity index (χ0v) is 15.2. The highest BCUT2D eigenvalue weighted by atomic mass is 19.3. The van der Waals surface area contributed by atoms with Crippen LogP contribution in [0.25, 0.3) is 0 Å². The maximum absolute atomic E-state index is 13.1. The summed E-state index contributed by atoms with van der Waals surface area (Å²) in [7, 11) is 0. The second-order valence-electron chi connectivity index (χ2n) is 6.17. The van der Waals surface area contributed by atoms with Crippen molar-refractivity contribution < 1.29 is 27.8 Å². The molecule has 29 heavy (non-hydrogen) atoms. The number of benzene rings is 2. The number of carbonyl (C=O) groups is 2. The predicted octanol–water partition coefficient (Wildman–Crippen LogP) is 3.67. The average Bonchev–Trinajstić information content (AvgIpc) is 3.00. The third kappa shape index (κ3) is 5.19. The van der Waals surface area contributed by atoms with Gasteiger partial charge in [0.15, 0.2) is 11.5 Å².